The van der Waals surface area contributed by atoms with E-state index in [2.05, 4.69) is 5.32 Å². The first kappa shape index (κ1) is 19.4. The van der Waals surface area contributed by atoms with E-state index in [1.54, 1.807) is 19.9 Å². The Kier molecular flexibility index (Phi) is 6.21. The SMILES string of the molecule is CC(C)C(C(=O)Nc1cccc(C(=O)O)c1)S(=O)(=O)C1CCCCC1. The van der Waals surface area contributed by atoms with Crippen LogP contribution in [0.3, 0.4) is 0 Å². The molecule has 1 saturated carbocycles. The molecule has 25 heavy (non-hydrogen) atoms. The number of carboxylic acid groups (broad SMARTS) is 1. The number of nitrogens with one attached hydrogen (secondary N) is 1. The summed E-state index contributed by atoms with van der Waals surface area (Å²) in [6.45, 7) is 3.44. The van der Waals surface area contributed by atoms with Crippen molar-refractivity contribution in [3.8, 4) is 0 Å². The molecule has 0 spiro atoms. The van der Waals surface area contributed by atoms with Gasteiger partial charge in [-0.1, -0.05) is 39.2 Å². The third-order valence-corrected chi connectivity index (χ3v) is 7.48. The van der Waals surface area contributed by atoms with Gasteiger partial charge in [-0.3, -0.25) is 4.79 Å². The van der Waals surface area contributed by atoms with Crippen LogP contribution >= 0.6 is 0 Å². The zero-order valence-corrected chi connectivity index (χ0v) is 15.4. The predicted molar refractivity (Wildman–Crippen MR) is 96.4 cm³/mol. The van der Waals surface area contributed by atoms with E-state index >= 15 is 0 Å². The molecule has 1 amide bonds. The third-order valence-electron chi connectivity index (χ3n) is 4.61. The van der Waals surface area contributed by atoms with E-state index in [1.807, 2.05) is 0 Å². The van der Waals surface area contributed by atoms with Crippen LogP contribution < -0.4 is 5.32 Å². The van der Waals surface area contributed by atoms with Crippen LogP contribution in [0.5, 0.6) is 0 Å². The average molecular weight is 367 g/mol. The summed E-state index contributed by atoms with van der Waals surface area (Å²) < 4.78 is 26.0. The van der Waals surface area contributed by atoms with E-state index in [-0.39, 0.29) is 17.2 Å². The number of hydrogen-bond donors (Lipinski definition) is 2. The van der Waals surface area contributed by atoms with Crippen LogP contribution in [0.25, 0.3) is 0 Å². The highest BCUT2D eigenvalue weighted by Gasteiger charge is 2.41. The maximum atomic E-state index is 13.0. The summed E-state index contributed by atoms with van der Waals surface area (Å²) in [6, 6.07) is 5.80. The Balaban J connectivity index is 2.23. The fraction of sp³-hybridized carbons (Fsp3) is 0.556. The van der Waals surface area contributed by atoms with Gasteiger partial charge in [0.1, 0.15) is 5.25 Å². The van der Waals surface area contributed by atoms with Gasteiger partial charge in [-0.25, -0.2) is 13.2 Å². The highest BCUT2D eigenvalue weighted by Crippen LogP contribution is 2.29. The number of amides is 1. The highest BCUT2D eigenvalue weighted by molar-refractivity contribution is 7.93. The van der Waals surface area contributed by atoms with Crippen LogP contribution in [0.2, 0.25) is 0 Å². The summed E-state index contributed by atoms with van der Waals surface area (Å²) in [5.74, 6) is -2.07. The number of anilines is 1. The molecule has 1 aromatic carbocycles. The topological polar surface area (TPSA) is 101 Å². The molecule has 6 nitrogen and oxygen atoms in total. The summed E-state index contributed by atoms with van der Waals surface area (Å²) in [5, 5.41) is 10.0. The molecule has 138 valence electrons. The maximum absolute atomic E-state index is 13.0. The summed E-state index contributed by atoms with van der Waals surface area (Å²) >= 11 is 0. The van der Waals surface area contributed by atoms with Crippen LogP contribution in [-0.2, 0) is 14.6 Å². The van der Waals surface area contributed by atoms with Gasteiger partial charge in [0.25, 0.3) is 0 Å². The first-order valence-corrected chi connectivity index (χ1v) is 10.2. The van der Waals surface area contributed by atoms with E-state index in [0.717, 1.165) is 19.3 Å². The normalized spacial score (nSPS) is 17.2. The molecule has 0 aromatic heterocycles. The molecular formula is C18H25NO5S. The Bertz CT molecular complexity index is 736. The highest BCUT2D eigenvalue weighted by atomic mass is 32.2. The van der Waals surface area contributed by atoms with Gasteiger partial charge in [0.15, 0.2) is 9.84 Å². The van der Waals surface area contributed by atoms with Crippen molar-refractivity contribution in [2.45, 2.75) is 56.5 Å². The molecule has 7 heteroatoms. The van der Waals surface area contributed by atoms with Gasteiger partial charge in [0, 0.05) is 5.69 Å². The number of carbonyl (C=O) groups excluding carboxylic acids is 1. The minimum Gasteiger partial charge on any atom is -0.478 e. The molecule has 1 fully saturated rings. The van der Waals surface area contributed by atoms with Crippen molar-refractivity contribution in [3.63, 3.8) is 0 Å². The number of rotatable bonds is 6. The van der Waals surface area contributed by atoms with Crippen molar-refractivity contribution in [3.05, 3.63) is 29.8 Å². The fourth-order valence-corrected chi connectivity index (χ4v) is 5.90. The van der Waals surface area contributed by atoms with Gasteiger partial charge in [-0.05, 0) is 37.0 Å². The van der Waals surface area contributed by atoms with Crippen molar-refractivity contribution < 1.29 is 23.1 Å². The second kappa shape index (κ2) is 7.99. The van der Waals surface area contributed by atoms with Gasteiger partial charge in [-0.2, -0.15) is 0 Å². The van der Waals surface area contributed by atoms with E-state index < -0.39 is 32.2 Å². The monoisotopic (exact) mass is 367 g/mol. The van der Waals surface area contributed by atoms with E-state index in [4.69, 9.17) is 5.11 Å². The van der Waals surface area contributed by atoms with Crippen LogP contribution in [-0.4, -0.2) is 35.9 Å². The first-order valence-electron chi connectivity index (χ1n) is 8.60. The van der Waals surface area contributed by atoms with Crippen LogP contribution in [0, 0.1) is 5.92 Å². The Morgan fingerprint density at radius 2 is 1.80 bits per heavy atom. The molecule has 1 aliphatic rings. The number of aromatic carboxylic acids is 1. The van der Waals surface area contributed by atoms with Crippen molar-refractivity contribution in [2.75, 3.05) is 5.32 Å². The van der Waals surface area contributed by atoms with Crippen molar-refractivity contribution >= 4 is 27.4 Å². The number of benzene rings is 1. The fourth-order valence-electron chi connectivity index (χ4n) is 3.38. The zero-order chi connectivity index (χ0) is 18.6. The molecule has 1 aliphatic carbocycles. The number of carbonyl (C=O) groups is 2. The Hall–Kier alpha value is -1.89. The summed E-state index contributed by atoms with van der Waals surface area (Å²) in [6.07, 6.45) is 3.99. The Labute approximate surface area is 148 Å². The van der Waals surface area contributed by atoms with Gasteiger partial charge in [0.2, 0.25) is 5.91 Å². The lowest BCUT2D eigenvalue weighted by molar-refractivity contribution is -0.116. The standard InChI is InChI=1S/C18H25NO5S/c1-12(2)16(25(23,24)15-9-4-3-5-10-15)17(20)19-14-8-6-7-13(11-14)18(21)22/h6-8,11-12,15-16H,3-5,9-10H2,1-2H3,(H,19,20)(H,21,22). The van der Waals surface area contributed by atoms with Gasteiger partial charge in [-0.15, -0.1) is 0 Å². The molecule has 0 heterocycles. The molecular weight excluding hydrogens is 342 g/mol. The number of carboxylic acids is 1. The van der Waals surface area contributed by atoms with Crippen LogP contribution in [0.1, 0.15) is 56.3 Å². The van der Waals surface area contributed by atoms with E-state index in [1.165, 1.54) is 18.2 Å². The molecule has 0 bridgehead atoms. The summed E-state index contributed by atoms with van der Waals surface area (Å²) in [7, 11) is -3.60. The lowest BCUT2D eigenvalue weighted by Gasteiger charge is -2.28. The van der Waals surface area contributed by atoms with Crippen molar-refractivity contribution in [1.82, 2.24) is 0 Å². The Morgan fingerprint density at radius 3 is 2.36 bits per heavy atom. The average Bonchev–Trinajstić information content (AvgIpc) is 2.55. The molecule has 1 aromatic rings. The number of hydrogen-bond acceptors (Lipinski definition) is 4. The molecule has 0 aliphatic heterocycles. The van der Waals surface area contributed by atoms with Gasteiger partial charge in [0.05, 0.1) is 10.8 Å². The lowest BCUT2D eigenvalue weighted by atomic mass is 10.0. The summed E-state index contributed by atoms with van der Waals surface area (Å²) in [4.78, 5) is 23.7. The van der Waals surface area contributed by atoms with Gasteiger partial charge >= 0.3 is 5.97 Å². The minimum atomic E-state index is -3.60. The molecule has 0 radical (unpaired) electrons. The smallest absolute Gasteiger partial charge is 0.335 e. The molecule has 0 saturated heterocycles. The van der Waals surface area contributed by atoms with Crippen molar-refractivity contribution in [2.24, 2.45) is 5.92 Å². The molecule has 2 rings (SSSR count). The Morgan fingerprint density at radius 1 is 1.16 bits per heavy atom. The van der Waals surface area contributed by atoms with Crippen LogP contribution in [0.4, 0.5) is 5.69 Å². The molecule has 1 unspecified atom stereocenters. The first-order chi connectivity index (χ1) is 11.7. The zero-order valence-electron chi connectivity index (χ0n) is 14.6. The molecule has 2 N–H and O–H groups in total. The van der Waals surface area contributed by atoms with Gasteiger partial charge < -0.3 is 10.4 Å². The third kappa shape index (κ3) is 4.60. The lowest BCUT2D eigenvalue weighted by Crippen LogP contribution is -2.44. The van der Waals surface area contributed by atoms with Crippen LogP contribution in [0.15, 0.2) is 24.3 Å². The predicted octanol–water partition coefficient (Wildman–Crippen LogP) is 3.10. The van der Waals surface area contributed by atoms with E-state index in [9.17, 15) is 18.0 Å². The second-order valence-electron chi connectivity index (χ2n) is 6.89. The quantitative estimate of drug-likeness (QED) is 0.805. The second-order valence-corrected chi connectivity index (χ2v) is 9.24. The largest absolute Gasteiger partial charge is 0.478 e. The van der Waals surface area contributed by atoms with E-state index in [0.29, 0.717) is 12.8 Å². The number of sulfone groups is 1. The van der Waals surface area contributed by atoms with Crippen molar-refractivity contribution in [1.29, 1.82) is 0 Å². The molecule has 1 atom stereocenters. The maximum Gasteiger partial charge on any atom is 0.335 e. The minimum absolute atomic E-state index is 0.0361. The summed E-state index contributed by atoms with van der Waals surface area (Å²) in [5.41, 5.74) is 0.323.